The van der Waals surface area contributed by atoms with Crippen molar-refractivity contribution < 1.29 is 9.59 Å². The summed E-state index contributed by atoms with van der Waals surface area (Å²) in [5, 5.41) is 11.8. The Morgan fingerprint density at radius 2 is 1.09 bits per heavy atom. The second kappa shape index (κ2) is 12.2. The van der Waals surface area contributed by atoms with Gasteiger partial charge >= 0.3 is 12.1 Å². The van der Waals surface area contributed by atoms with Crippen molar-refractivity contribution in [2.45, 2.75) is 25.7 Å². The molecule has 0 heterocycles. The van der Waals surface area contributed by atoms with Crippen LogP contribution in [0.1, 0.15) is 25.7 Å². The molecule has 0 radical (unpaired) electrons. The maximum atomic E-state index is 12.3. The van der Waals surface area contributed by atoms with Crippen LogP contribution in [0.4, 0.5) is 32.3 Å². The minimum Gasteiger partial charge on any atom is -0.378 e. The molecule has 0 saturated heterocycles. The zero-order valence-corrected chi connectivity index (χ0v) is 20.7. The Hall–Kier alpha value is -3.42. The summed E-state index contributed by atoms with van der Waals surface area (Å²) in [6.45, 7) is 1.28. The number of rotatable bonds is 8. The lowest BCUT2D eigenvalue weighted by Gasteiger charge is -2.29. The first-order valence-corrected chi connectivity index (χ1v) is 11.9. The number of carbonyl (C=O) groups is 2. The highest BCUT2D eigenvalue weighted by atomic mass is 16.2. The van der Waals surface area contributed by atoms with E-state index in [2.05, 4.69) is 21.3 Å². The van der Waals surface area contributed by atoms with E-state index in [1.54, 1.807) is 0 Å². The van der Waals surface area contributed by atoms with E-state index in [0.29, 0.717) is 24.9 Å². The molecule has 8 heteroatoms. The molecule has 1 saturated carbocycles. The highest BCUT2D eigenvalue weighted by molar-refractivity contribution is 5.90. The van der Waals surface area contributed by atoms with Crippen molar-refractivity contribution in [3.8, 4) is 0 Å². The molecule has 2 aromatic rings. The Morgan fingerprint density at radius 3 is 1.44 bits per heavy atom. The fraction of sp³-hybridized carbons (Fsp3) is 0.462. The molecule has 1 aliphatic carbocycles. The van der Waals surface area contributed by atoms with Crippen molar-refractivity contribution in [3.63, 3.8) is 0 Å². The third kappa shape index (κ3) is 7.86. The van der Waals surface area contributed by atoms with Crippen LogP contribution < -0.4 is 31.1 Å². The summed E-state index contributed by atoms with van der Waals surface area (Å²) in [4.78, 5) is 28.6. The number of hydrogen-bond donors (Lipinski definition) is 4. The highest BCUT2D eigenvalue weighted by Crippen LogP contribution is 2.28. The van der Waals surface area contributed by atoms with Crippen LogP contribution in [0.3, 0.4) is 0 Å². The van der Waals surface area contributed by atoms with E-state index in [9.17, 15) is 9.59 Å². The maximum Gasteiger partial charge on any atom is 0.319 e. The lowest BCUT2D eigenvalue weighted by molar-refractivity contribution is 0.230. The Kier molecular flexibility index (Phi) is 9.01. The van der Waals surface area contributed by atoms with Gasteiger partial charge in [-0.05, 0) is 79.6 Å². The van der Waals surface area contributed by atoms with Crippen LogP contribution in [0.2, 0.25) is 0 Å². The SMILES string of the molecule is CN(C)c1ccc(NC(=O)NCC2CCCC(CNC(=O)Nc3ccc(N(C)C)cc3)C2)cc1. The van der Waals surface area contributed by atoms with Crippen LogP contribution in [0.15, 0.2) is 48.5 Å². The van der Waals surface area contributed by atoms with Crippen molar-refractivity contribution in [3.05, 3.63) is 48.5 Å². The van der Waals surface area contributed by atoms with Gasteiger partial charge < -0.3 is 31.1 Å². The fourth-order valence-electron chi connectivity index (χ4n) is 4.28. The summed E-state index contributed by atoms with van der Waals surface area (Å²) in [6.07, 6.45) is 4.30. The molecule has 1 fully saturated rings. The number of nitrogens with one attached hydrogen (secondary N) is 4. The van der Waals surface area contributed by atoms with Crippen LogP contribution in [0.5, 0.6) is 0 Å². The van der Waals surface area contributed by atoms with Gasteiger partial charge in [-0.1, -0.05) is 6.42 Å². The zero-order valence-electron chi connectivity index (χ0n) is 20.7. The van der Waals surface area contributed by atoms with Gasteiger partial charge in [-0.25, -0.2) is 9.59 Å². The average Bonchev–Trinajstić information content (AvgIpc) is 2.82. The number of carbonyl (C=O) groups excluding carboxylic acids is 2. The largest absolute Gasteiger partial charge is 0.378 e. The summed E-state index contributed by atoms with van der Waals surface area (Å²) < 4.78 is 0. The molecule has 0 bridgehead atoms. The first-order chi connectivity index (χ1) is 16.3. The molecule has 0 aliphatic heterocycles. The molecular weight excluding hydrogens is 428 g/mol. The molecule has 2 atom stereocenters. The van der Waals surface area contributed by atoms with Crippen LogP contribution in [-0.4, -0.2) is 53.3 Å². The second-order valence-electron chi connectivity index (χ2n) is 9.45. The van der Waals surface area contributed by atoms with E-state index in [1.165, 1.54) is 0 Å². The third-order valence-corrected chi connectivity index (χ3v) is 6.28. The third-order valence-electron chi connectivity index (χ3n) is 6.28. The Morgan fingerprint density at radius 1 is 0.706 bits per heavy atom. The van der Waals surface area contributed by atoms with E-state index in [0.717, 1.165) is 48.4 Å². The summed E-state index contributed by atoms with van der Waals surface area (Å²) >= 11 is 0. The number of nitrogens with zero attached hydrogens (tertiary/aromatic N) is 2. The van der Waals surface area contributed by atoms with Crippen LogP contribution >= 0.6 is 0 Å². The van der Waals surface area contributed by atoms with Crippen LogP contribution in [0.25, 0.3) is 0 Å². The smallest absolute Gasteiger partial charge is 0.319 e. The van der Waals surface area contributed by atoms with Gasteiger partial charge in [0, 0.05) is 64.0 Å². The Balaban J connectivity index is 1.36. The first-order valence-electron chi connectivity index (χ1n) is 11.9. The Bertz CT molecular complexity index is 852. The maximum absolute atomic E-state index is 12.3. The molecule has 2 aromatic carbocycles. The molecule has 0 spiro atoms. The minimum absolute atomic E-state index is 0.183. The Labute approximate surface area is 203 Å². The van der Waals surface area contributed by atoms with Crippen LogP contribution in [-0.2, 0) is 0 Å². The average molecular weight is 467 g/mol. The van der Waals surface area contributed by atoms with Gasteiger partial charge in [0.15, 0.2) is 0 Å². The molecule has 2 unspecified atom stereocenters. The predicted octanol–water partition coefficient (Wildman–Crippen LogP) is 4.57. The summed E-state index contributed by atoms with van der Waals surface area (Å²) in [5.41, 5.74) is 3.72. The van der Waals surface area contributed by atoms with E-state index < -0.39 is 0 Å². The fourth-order valence-corrected chi connectivity index (χ4v) is 4.28. The number of hydrogen-bond acceptors (Lipinski definition) is 4. The molecule has 34 heavy (non-hydrogen) atoms. The summed E-state index contributed by atoms with van der Waals surface area (Å²) in [6, 6.07) is 15.1. The quantitative estimate of drug-likeness (QED) is 0.459. The monoisotopic (exact) mass is 466 g/mol. The molecule has 184 valence electrons. The zero-order chi connectivity index (χ0) is 24.5. The van der Waals surface area contributed by atoms with Gasteiger partial charge in [-0.3, -0.25) is 0 Å². The standard InChI is InChI=1S/C26H38N6O2/c1-31(2)23-12-8-21(9-13-23)29-25(33)27-17-19-6-5-7-20(16-19)18-28-26(34)30-22-10-14-24(15-11-22)32(3)4/h8-15,19-20H,5-7,16-18H2,1-4H3,(H2,27,29,33)(H2,28,30,34). The minimum atomic E-state index is -0.183. The lowest BCUT2D eigenvalue weighted by atomic mass is 9.81. The van der Waals surface area contributed by atoms with Gasteiger partial charge in [-0.15, -0.1) is 0 Å². The molecule has 3 rings (SSSR count). The molecule has 0 aromatic heterocycles. The van der Waals surface area contributed by atoms with E-state index in [-0.39, 0.29) is 12.1 Å². The molecule has 1 aliphatic rings. The van der Waals surface area contributed by atoms with E-state index >= 15 is 0 Å². The number of anilines is 4. The van der Waals surface area contributed by atoms with Gasteiger partial charge in [0.2, 0.25) is 0 Å². The number of benzene rings is 2. The normalized spacial score (nSPS) is 17.4. The number of urea groups is 2. The van der Waals surface area contributed by atoms with Crippen molar-refractivity contribution in [2.75, 3.05) is 61.7 Å². The number of amides is 4. The van der Waals surface area contributed by atoms with Gasteiger partial charge in [-0.2, -0.15) is 0 Å². The summed E-state index contributed by atoms with van der Waals surface area (Å²) in [5.74, 6) is 0.841. The molecular formula is C26H38N6O2. The van der Waals surface area contributed by atoms with Gasteiger partial charge in [0.1, 0.15) is 0 Å². The molecule has 4 amide bonds. The van der Waals surface area contributed by atoms with Gasteiger partial charge in [0.25, 0.3) is 0 Å². The van der Waals surface area contributed by atoms with Crippen molar-refractivity contribution >= 4 is 34.8 Å². The van der Waals surface area contributed by atoms with E-state index in [4.69, 9.17) is 0 Å². The topological polar surface area (TPSA) is 88.7 Å². The van der Waals surface area contributed by atoms with Crippen molar-refractivity contribution in [1.29, 1.82) is 0 Å². The summed E-state index contributed by atoms with van der Waals surface area (Å²) in [7, 11) is 7.94. The van der Waals surface area contributed by atoms with E-state index in [1.807, 2.05) is 86.5 Å². The van der Waals surface area contributed by atoms with Crippen molar-refractivity contribution in [1.82, 2.24) is 10.6 Å². The molecule has 8 nitrogen and oxygen atoms in total. The van der Waals surface area contributed by atoms with Crippen LogP contribution in [0, 0.1) is 11.8 Å². The first kappa shape index (κ1) is 25.2. The molecule has 4 N–H and O–H groups in total. The second-order valence-corrected chi connectivity index (χ2v) is 9.45. The lowest BCUT2D eigenvalue weighted by Crippen LogP contribution is -2.38. The predicted molar refractivity (Wildman–Crippen MR) is 141 cm³/mol. The van der Waals surface area contributed by atoms with Gasteiger partial charge in [0.05, 0.1) is 0 Å². The highest BCUT2D eigenvalue weighted by Gasteiger charge is 2.23. The van der Waals surface area contributed by atoms with Crippen molar-refractivity contribution in [2.24, 2.45) is 11.8 Å².